The van der Waals surface area contributed by atoms with Crippen LogP contribution in [0, 0.1) is 0 Å². The van der Waals surface area contributed by atoms with Gasteiger partial charge in [-0.05, 0) is 42.8 Å². The molecule has 0 unspecified atom stereocenters. The molecule has 2 heterocycles. The number of anilines is 1. The van der Waals surface area contributed by atoms with Gasteiger partial charge in [0.05, 0.1) is 22.5 Å². The fourth-order valence-electron chi connectivity index (χ4n) is 3.23. The predicted octanol–water partition coefficient (Wildman–Crippen LogP) is 5.54. The van der Waals surface area contributed by atoms with Crippen molar-refractivity contribution in [1.29, 1.82) is 0 Å². The molecule has 0 spiro atoms. The van der Waals surface area contributed by atoms with Gasteiger partial charge in [0, 0.05) is 17.7 Å². The zero-order valence-corrected chi connectivity index (χ0v) is 14.2. The Kier molecular flexibility index (Phi) is 4.13. The summed E-state index contributed by atoms with van der Waals surface area (Å²) in [5.74, 6) is 0.576. The molecule has 3 aromatic rings. The highest BCUT2D eigenvalue weighted by Gasteiger charge is 2.32. The van der Waals surface area contributed by atoms with Gasteiger partial charge in [0.15, 0.2) is 0 Å². The van der Waals surface area contributed by atoms with Crippen LogP contribution in [0.3, 0.4) is 0 Å². The van der Waals surface area contributed by atoms with Crippen molar-refractivity contribution < 1.29 is 26.3 Å². The van der Waals surface area contributed by atoms with E-state index in [4.69, 9.17) is 0 Å². The monoisotopic (exact) mass is 397 g/mol. The Morgan fingerprint density at radius 2 is 1.54 bits per heavy atom. The second-order valence-electron chi connectivity index (χ2n) is 6.39. The summed E-state index contributed by atoms with van der Waals surface area (Å²) in [6.07, 6.45) is -8.37. The lowest BCUT2D eigenvalue weighted by Crippen LogP contribution is -2.07. The van der Waals surface area contributed by atoms with E-state index in [1.807, 2.05) is 0 Å². The molecule has 9 heteroatoms. The molecule has 1 aromatic heterocycles. The molecular formula is C19H13F6N3. The first kappa shape index (κ1) is 18.4. The number of rotatable bonds is 2. The Balaban J connectivity index is 1.79. The number of halogens is 6. The van der Waals surface area contributed by atoms with Crippen LogP contribution in [0.1, 0.15) is 16.7 Å². The number of hydrogen-bond donors (Lipinski definition) is 1. The van der Waals surface area contributed by atoms with Crippen molar-refractivity contribution >= 4 is 5.82 Å². The minimum Gasteiger partial charge on any atom is -0.369 e. The van der Waals surface area contributed by atoms with Gasteiger partial charge in [0.2, 0.25) is 0 Å². The molecular weight excluding hydrogens is 384 g/mol. The third-order valence-corrected chi connectivity index (χ3v) is 4.55. The molecule has 2 aromatic carbocycles. The molecule has 0 atom stereocenters. The fourth-order valence-corrected chi connectivity index (χ4v) is 3.23. The van der Waals surface area contributed by atoms with E-state index in [1.165, 1.54) is 28.9 Å². The van der Waals surface area contributed by atoms with E-state index in [-0.39, 0.29) is 0 Å². The van der Waals surface area contributed by atoms with Crippen LogP contribution in [0.15, 0.2) is 48.5 Å². The molecule has 28 heavy (non-hydrogen) atoms. The van der Waals surface area contributed by atoms with Gasteiger partial charge in [-0.3, -0.25) is 0 Å². The zero-order valence-electron chi connectivity index (χ0n) is 14.2. The summed E-state index contributed by atoms with van der Waals surface area (Å²) in [6, 6.07) is 9.31. The number of nitrogens with zero attached hydrogens (tertiary/aromatic N) is 2. The largest absolute Gasteiger partial charge is 0.416 e. The maximum absolute atomic E-state index is 13.0. The van der Waals surface area contributed by atoms with Gasteiger partial charge < -0.3 is 5.32 Å². The molecule has 0 aliphatic carbocycles. The summed E-state index contributed by atoms with van der Waals surface area (Å²) in [4.78, 5) is 0. The van der Waals surface area contributed by atoms with Gasteiger partial charge in [-0.1, -0.05) is 12.1 Å². The Morgan fingerprint density at radius 1 is 0.857 bits per heavy atom. The third kappa shape index (κ3) is 3.21. The third-order valence-electron chi connectivity index (χ3n) is 4.55. The van der Waals surface area contributed by atoms with Crippen LogP contribution >= 0.6 is 0 Å². The molecule has 0 amide bonds. The highest BCUT2D eigenvalue weighted by atomic mass is 19.4. The molecule has 146 valence electrons. The van der Waals surface area contributed by atoms with Crippen molar-refractivity contribution in [2.75, 3.05) is 11.9 Å². The summed E-state index contributed by atoms with van der Waals surface area (Å²) in [7, 11) is 0. The molecule has 0 fully saturated rings. The Hall–Kier alpha value is -2.97. The number of benzene rings is 2. The summed E-state index contributed by atoms with van der Waals surface area (Å²) in [5.41, 5.74) is 0.238. The lowest BCUT2D eigenvalue weighted by Gasteiger charge is -2.10. The second-order valence-corrected chi connectivity index (χ2v) is 6.39. The standard InChI is InChI=1S/C19H13F6N3/c20-18(21,22)12-4-6-14(7-5-12)28-17-15(8-9-26-17)16(27-28)11-2-1-3-13(10-11)19(23,24)25/h1-7,10,26H,8-9H2. The summed E-state index contributed by atoms with van der Waals surface area (Å²) < 4.78 is 78.8. The maximum Gasteiger partial charge on any atom is 0.416 e. The molecule has 3 nitrogen and oxygen atoms in total. The van der Waals surface area contributed by atoms with Gasteiger partial charge >= 0.3 is 12.4 Å². The summed E-state index contributed by atoms with van der Waals surface area (Å²) >= 11 is 0. The fraction of sp³-hybridized carbons (Fsp3) is 0.211. The minimum atomic E-state index is -4.48. The van der Waals surface area contributed by atoms with Crippen molar-refractivity contribution in [3.63, 3.8) is 0 Å². The first-order valence-electron chi connectivity index (χ1n) is 8.35. The highest BCUT2D eigenvalue weighted by molar-refractivity contribution is 5.73. The van der Waals surface area contributed by atoms with Crippen LogP contribution in [-0.4, -0.2) is 16.3 Å². The molecule has 1 aliphatic heterocycles. The second kappa shape index (κ2) is 6.29. The van der Waals surface area contributed by atoms with Crippen LogP contribution in [-0.2, 0) is 18.8 Å². The van der Waals surface area contributed by atoms with E-state index >= 15 is 0 Å². The van der Waals surface area contributed by atoms with E-state index in [0.29, 0.717) is 35.7 Å². The summed E-state index contributed by atoms with van der Waals surface area (Å²) in [6.45, 7) is 0.569. The van der Waals surface area contributed by atoms with Gasteiger partial charge in [-0.15, -0.1) is 0 Å². The number of alkyl halides is 6. The average Bonchev–Trinajstić information content (AvgIpc) is 3.23. The van der Waals surface area contributed by atoms with Gasteiger partial charge in [0.1, 0.15) is 5.82 Å². The number of aromatic nitrogens is 2. The first-order valence-corrected chi connectivity index (χ1v) is 8.35. The van der Waals surface area contributed by atoms with Gasteiger partial charge in [-0.2, -0.15) is 31.4 Å². The quantitative estimate of drug-likeness (QED) is 0.575. The summed E-state index contributed by atoms with van der Waals surface area (Å²) in [5, 5.41) is 7.50. The number of fused-ring (bicyclic) bond motifs is 1. The van der Waals surface area contributed by atoms with Crippen molar-refractivity contribution in [2.24, 2.45) is 0 Å². The van der Waals surface area contributed by atoms with Gasteiger partial charge in [0.25, 0.3) is 0 Å². The van der Waals surface area contributed by atoms with Crippen LogP contribution in [0.5, 0.6) is 0 Å². The molecule has 1 N–H and O–H groups in total. The van der Waals surface area contributed by atoms with Gasteiger partial charge in [-0.25, -0.2) is 4.68 Å². The Bertz CT molecular complexity index is 1020. The number of hydrogen-bond acceptors (Lipinski definition) is 2. The Labute approximate surface area is 155 Å². The minimum absolute atomic E-state index is 0.306. The van der Waals surface area contributed by atoms with Crippen LogP contribution in [0.25, 0.3) is 16.9 Å². The number of nitrogens with one attached hydrogen (secondary N) is 1. The maximum atomic E-state index is 13.0. The molecule has 0 bridgehead atoms. The zero-order chi connectivity index (χ0) is 20.1. The smallest absolute Gasteiger partial charge is 0.369 e. The lowest BCUT2D eigenvalue weighted by molar-refractivity contribution is -0.138. The van der Waals surface area contributed by atoms with E-state index in [9.17, 15) is 26.3 Å². The van der Waals surface area contributed by atoms with E-state index < -0.39 is 23.5 Å². The SMILES string of the molecule is FC(F)(F)c1ccc(-n2nc(-c3cccc(C(F)(F)F)c3)c3c2NCC3)cc1. The normalized spacial score (nSPS) is 14.1. The van der Waals surface area contributed by atoms with E-state index in [2.05, 4.69) is 10.4 Å². The molecule has 0 radical (unpaired) electrons. The van der Waals surface area contributed by atoms with Crippen LogP contribution < -0.4 is 5.32 Å². The lowest BCUT2D eigenvalue weighted by atomic mass is 10.0. The Morgan fingerprint density at radius 3 is 2.18 bits per heavy atom. The first-order chi connectivity index (χ1) is 13.1. The topological polar surface area (TPSA) is 29.9 Å². The van der Waals surface area contributed by atoms with Crippen LogP contribution in [0.2, 0.25) is 0 Å². The molecule has 1 aliphatic rings. The molecule has 4 rings (SSSR count). The predicted molar refractivity (Wildman–Crippen MR) is 91.2 cm³/mol. The highest BCUT2D eigenvalue weighted by Crippen LogP contribution is 2.38. The van der Waals surface area contributed by atoms with E-state index in [0.717, 1.165) is 29.8 Å². The van der Waals surface area contributed by atoms with Crippen molar-refractivity contribution in [3.8, 4) is 16.9 Å². The van der Waals surface area contributed by atoms with Crippen molar-refractivity contribution in [3.05, 3.63) is 65.2 Å². The van der Waals surface area contributed by atoms with E-state index in [1.54, 1.807) is 0 Å². The van der Waals surface area contributed by atoms with Crippen LogP contribution in [0.4, 0.5) is 32.2 Å². The molecule has 0 saturated heterocycles. The molecule has 0 saturated carbocycles. The van der Waals surface area contributed by atoms with Crippen molar-refractivity contribution in [2.45, 2.75) is 18.8 Å². The van der Waals surface area contributed by atoms with Crippen molar-refractivity contribution in [1.82, 2.24) is 9.78 Å². The average molecular weight is 397 g/mol.